The first-order chi connectivity index (χ1) is 11.0. The first-order valence-electron chi connectivity index (χ1n) is 6.52. The summed E-state index contributed by atoms with van der Waals surface area (Å²) in [6.45, 7) is -0.373. The molecule has 0 fully saturated rings. The van der Waals surface area contributed by atoms with Crippen molar-refractivity contribution in [1.29, 1.82) is 0 Å². The lowest BCUT2D eigenvalue weighted by Gasteiger charge is -2.08. The van der Waals surface area contributed by atoms with Crippen molar-refractivity contribution in [3.05, 3.63) is 53.7 Å². The molecular formula is C15H13F2N3O3. The van der Waals surface area contributed by atoms with Gasteiger partial charge in [-0.1, -0.05) is 0 Å². The van der Waals surface area contributed by atoms with Gasteiger partial charge in [-0.2, -0.15) is 0 Å². The van der Waals surface area contributed by atoms with Gasteiger partial charge in [0.1, 0.15) is 11.6 Å². The normalized spacial score (nSPS) is 10.0. The number of anilines is 1. The molecule has 6 nitrogen and oxygen atoms in total. The highest BCUT2D eigenvalue weighted by atomic mass is 19.1. The van der Waals surface area contributed by atoms with E-state index in [2.05, 4.69) is 15.6 Å². The Bertz CT molecular complexity index is 720. The summed E-state index contributed by atoms with van der Waals surface area (Å²) in [5.41, 5.74) is 0.0725. The Balaban J connectivity index is 1.89. The summed E-state index contributed by atoms with van der Waals surface area (Å²) in [4.78, 5) is 27.3. The van der Waals surface area contributed by atoms with E-state index in [9.17, 15) is 18.4 Å². The summed E-state index contributed by atoms with van der Waals surface area (Å²) in [6, 6.07) is 5.69. The van der Waals surface area contributed by atoms with Crippen molar-refractivity contribution in [1.82, 2.24) is 10.3 Å². The number of carbonyl (C=O) groups excluding carboxylic acids is 2. The Kier molecular flexibility index (Phi) is 5.19. The van der Waals surface area contributed by atoms with Gasteiger partial charge in [-0.3, -0.25) is 9.59 Å². The van der Waals surface area contributed by atoms with Crippen molar-refractivity contribution in [3.63, 3.8) is 0 Å². The first kappa shape index (κ1) is 16.3. The van der Waals surface area contributed by atoms with E-state index in [-0.39, 0.29) is 12.1 Å². The third kappa shape index (κ3) is 4.47. The molecule has 2 amide bonds. The largest absolute Gasteiger partial charge is 0.481 e. The van der Waals surface area contributed by atoms with E-state index in [1.54, 1.807) is 12.1 Å². The Morgan fingerprint density at radius 3 is 2.61 bits per heavy atom. The lowest BCUT2D eigenvalue weighted by Crippen LogP contribution is -2.33. The van der Waals surface area contributed by atoms with Crippen LogP contribution in [0.15, 0.2) is 36.5 Å². The van der Waals surface area contributed by atoms with Crippen LogP contribution in [-0.2, 0) is 4.79 Å². The van der Waals surface area contributed by atoms with E-state index < -0.39 is 23.4 Å². The monoisotopic (exact) mass is 321 g/mol. The molecule has 0 bridgehead atoms. The Morgan fingerprint density at radius 1 is 1.22 bits per heavy atom. The molecule has 23 heavy (non-hydrogen) atoms. The molecule has 2 rings (SSSR count). The number of hydrogen-bond acceptors (Lipinski definition) is 4. The molecule has 120 valence electrons. The fourth-order valence-corrected chi connectivity index (χ4v) is 1.71. The third-order valence-corrected chi connectivity index (χ3v) is 2.81. The van der Waals surface area contributed by atoms with Crippen LogP contribution < -0.4 is 15.4 Å². The quantitative estimate of drug-likeness (QED) is 0.879. The van der Waals surface area contributed by atoms with Gasteiger partial charge in [0.15, 0.2) is 0 Å². The molecule has 0 aliphatic rings. The van der Waals surface area contributed by atoms with Crippen molar-refractivity contribution in [2.45, 2.75) is 0 Å². The lowest BCUT2D eigenvalue weighted by atomic mass is 10.2. The van der Waals surface area contributed by atoms with Crippen LogP contribution in [0, 0.1) is 11.6 Å². The van der Waals surface area contributed by atoms with Gasteiger partial charge in [-0.25, -0.2) is 13.8 Å². The first-order valence-corrected chi connectivity index (χ1v) is 6.52. The standard InChI is InChI=1S/C15H13F2N3O3/c1-23-14-5-3-10(7-18-14)20-13(21)8-19-15(22)11-4-2-9(16)6-12(11)17/h2-7H,8H2,1H3,(H,19,22)(H,20,21). The maximum absolute atomic E-state index is 13.4. The molecule has 0 spiro atoms. The molecule has 0 saturated carbocycles. The molecule has 1 aromatic carbocycles. The van der Waals surface area contributed by atoms with Gasteiger partial charge in [-0.05, 0) is 18.2 Å². The van der Waals surface area contributed by atoms with Crippen molar-refractivity contribution < 1.29 is 23.1 Å². The van der Waals surface area contributed by atoms with Gasteiger partial charge in [0.2, 0.25) is 11.8 Å². The molecule has 0 saturated heterocycles. The van der Waals surface area contributed by atoms with Crippen LogP contribution in [0.2, 0.25) is 0 Å². The number of carbonyl (C=O) groups is 2. The van der Waals surface area contributed by atoms with E-state index in [1.165, 1.54) is 13.3 Å². The number of amides is 2. The number of ether oxygens (including phenoxy) is 1. The fraction of sp³-hybridized carbons (Fsp3) is 0.133. The summed E-state index contributed by atoms with van der Waals surface area (Å²) in [5, 5.41) is 4.74. The zero-order valence-electron chi connectivity index (χ0n) is 12.1. The second-order valence-corrected chi connectivity index (χ2v) is 4.44. The van der Waals surface area contributed by atoms with E-state index in [4.69, 9.17) is 4.74 Å². The average Bonchev–Trinajstić information content (AvgIpc) is 2.53. The van der Waals surface area contributed by atoms with Crippen molar-refractivity contribution in [3.8, 4) is 5.88 Å². The number of halogens is 2. The molecule has 0 radical (unpaired) electrons. The van der Waals surface area contributed by atoms with Crippen LogP contribution in [0.25, 0.3) is 0 Å². The maximum Gasteiger partial charge on any atom is 0.254 e. The smallest absolute Gasteiger partial charge is 0.254 e. The lowest BCUT2D eigenvalue weighted by molar-refractivity contribution is -0.115. The minimum atomic E-state index is -0.998. The molecule has 0 unspecified atom stereocenters. The fourth-order valence-electron chi connectivity index (χ4n) is 1.71. The minimum Gasteiger partial charge on any atom is -0.481 e. The second-order valence-electron chi connectivity index (χ2n) is 4.44. The minimum absolute atomic E-state index is 0.342. The van der Waals surface area contributed by atoms with Crippen molar-refractivity contribution in [2.24, 2.45) is 0 Å². The number of rotatable bonds is 5. The highest BCUT2D eigenvalue weighted by Gasteiger charge is 2.13. The number of aromatic nitrogens is 1. The van der Waals surface area contributed by atoms with Crippen LogP contribution in [-0.4, -0.2) is 30.5 Å². The van der Waals surface area contributed by atoms with Gasteiger partial charge in [-0.15, -0.1) is 0 Å². The summed E-state index contributed by atoms with van der Waals surface area (Å²) in [5.74, 6) is -2.73. The Labute approximate surface area is 130 Å². The molecule has 2 N–H and O–H groups in total. The molecule has 1 heterocycles. The maximum atomic E-state index is 13.4. The van der Waals surface area contributed by atoms with Gasteiger partial charge in [0.05, 0.1) is 31.1 Å². The molecular weight excluding hydrogens is 308 g/mol. The van der Waals surface area contributed by atoms with Crippen LogP contribution in [0.3, 0.4) is 0 Å². The van der Waals surface area contributed by atoms with E-state index in [0.29, 0.717) is 17.6 Å². The van der Waals surface area contributed by atoms with Crippen LogP contribution in [0.4, 0.5) is 14.5 Å². The summed E-state index contributed by atoms with van der Waals surface area (Å²) < 4.78 is 31.1. The number of pyridine rings is 1. The van der Waals surface area contributed by atoms with E-state index in [1.807, 2.05) is 0 Å². The number of hydrogen-bond donors (Lipinski definition) is 2. The highest BCUT2D eigenvalue weighted by Crippen LogP contribution is 2.11. The van der Waals surface area contributed by atoms with Crippen LogP contribution in [0.5, 0.6) is 5.88 Å². The SMILES string of the molecule is COc1ccc(NC(=O)CNC(=O)c2ccc(F)cc2F)cn1. The summed E-state index contributed by atoms with van der Waals surface area (Å²) in [7, 11) is 1.46. The second kappa shape index (κ2) is 7.30. The van der Waals surface area contributed by atoms with Gasteiger partial charge >= 0.3 is 0 Å². The van der Waals surface area contributed by atoms with E-state index in [0.717, 1.165) is 12.1 Å². The molecule has 2 aromatic rings. The predicted molar refractivity (Wildman–Crippen MR) is 78.1 cm³/mol. The highest BCUT2D eigenvalue weighted by molar-refractivity contribution is 5.99. The zero-order chi connectivity index (χ0) is 16.8. The Hall–Kier alpha value is -3.03. The van der Waals surface area contributed by atoms with E-state index >= 15 is 0 Å². The zero-order valence-corrected chi connectivity index (χ0v) is 12.1. The topological polar surface area (TPSA) is 80.3 Å². The van der Waals surface area contributed by atoms with Crippen molar-refractivity contribution >= 4 is 17.5 Å². The Morgan fingerprint density at radius 2 is 2.00 bits per heavy atom. The van der Waals surface area contributed by atoms with Gasteiger partial charge < -0.3 is 15.4 Å². The number of benzene rings is 1. The number of methoxy groups -OCH3 is 1. The molecule has 0 aliphatic carbocycles. The molecule has 8 heteroatoms. The molecule has 0 atom stereocenters. The third-order valence-electron chi connectivity index (χ3n) is 2.81. The van der Waals surface area contributed by atoms with Crippen LogP contribution >= 0.6 is 0 Å². The predicted octanol–water partition coefficient (Wildman–Crippen LogP) is 1.74. The number of nitrogens with zero attached hydrogens (tertiary/aromatic N) is 1. The van der Waals surface area contributed by atoms with Gasteiger partial charge in [0, 0.05) is 12.1 Å². The molecule has 0 aliphatic heterocycles. The molecule has 1 aromatic heterocycles. The number of nitrogens with one attached hydrogen (secondary N) is 2. The summed E-state index contributed by atoms with van der Waals surface area (Å²) >= 11 is 0. The van der Waals surface area contributed by atoms with Crippen LogP contribution in [0.1, 0.15) is 10.4 Å². The average molecular weight is 321 g/mol. The summed E-state index contributed by atoms with van der Waals surface area (Å²) in [6.07, 6.45) is 1.39. The van der Waals surface area contributed by atoms with Gasteiger partial charge in [0.25, 0.3) is 5.91 Å². The van der Waals surface area contributed by atoms with Crippen molar-refractivity contribution in [2.75, 3.05) is 19.0 Å².